The number of amides is 1. The molecule has 1 amide bonds. The summed E-state index contributed by atoms with van der Waals surface area (Å²) in [6, 6.07) is 12.9. The van der Waals surface area contributed by atoms with Gasteiger partial charge in [-0.05, 0) is 36.6 Å². The lowest BCUT2D eigenvalue weighted by Crippen LogP contribution is -2.32. The first kappa shape index (κ1) is 17.7. The average molecular weight is 391 g/mol. The molecule has 1 atom stereocenters. The number of carbonyl (C=O) groups excluding carboxylic acids is 1. The molecule has 1 N–H and O–H groups in total. The van der Waals surface area contributed by atoms with E-state index in [0.29, 0.717) is 30.5 Å². The highest BCUT2D eigenvalue weighted by atomic mass is 16.5. The van der Waals surface area contributed by atoms with E-state index in [9.17, 15) is 9.59 Å². The van der Waals surface area contributed by atoms with Crippen LogP contribution in [0.5, 0.6) is 11.5 Å². The van der Waals surface area contributed by atoms with Gasteiger partial charge in [-0.25, -0.2) is 5.10 Å². The van der Waals surface area contributed by atoms with Crippen molar-refractivity contribution in [1.82, 2.24) is 15.1 Å². The number of aromatic amines is 1. The van der Waals surface area contributed by atoms with E-state index in [1.807, 2.05) is 29.2 Å². The zero-order chi connectivity index (χ0) is 19.8. The monoisotopic (exact) mass is 391 g/mol. The summed E-state index contributed by atoms with van der Waals surface area (Å²) in [5.41, 5.74) is 1.01. The summed E-state index contributed by atoms with van der Waals surface area (Å²) < 4.78 is 11.5. The molecule has 148 valence electrons. The van der Waals surface area contributed by atoms with Crippen molar-refractivity contribution in [3.63, 3.8) is 0 Å². The Morgan fingerprint density at radius 1 is 1.03 bits per heavy atom. The Hall–Kier alpha value is -3.35. The number of aromatic nitrogens is 2. The van der Waals surface area contributed by atoms with Crippen LogP contribution in [-0.2, 0) is 0 Å². The standard InChI is InChI=1S/C22H21N3O4/c26-21-16-6-2-1-5-15(16)20(23-24-21)22(27)25-10-3-7-17(25)14-8-9-18-19(13-14)29-12-4-11-28-18/h1-2,5-6,8-9,13,17H,3-4,7,10-12H2,(H,24,26)/t17-/m1/s1. The van der Waals surface area contributed by atoms with Crippen LogP contribution in [-0.4, -0.2) is 40.8 Å². The summed E-state index contributed by atoms with van der Waals surface area (Å²) in [5.74, 6) is 1.30. The van der Waals surface area contributed by atoms with Gasteiger partial charge in [-0.15, -0.1) is 0 Å². The Kier molecular flexibility index (Phi) is 4.42. The Labute approximate surface area is 167 Å². The van der Waals surface area contributed by atoms with Crippen LogP contribution in [0.3, 0.4) is 0 Å². The molecule has 0 aliphatic carbocycles. The molecule has 0 saturated carbocycles. The van der Waals surface area contributed by atoms with Crippen molar-refractivity contribution in [2.75, 3.05) is 19.8 Å². The molecule has 1 saturated heterocycles. The highest BCUT2D eigenvalue weighted by Crippen LogP contribution is 2.38. The van der Waals surface area contributed by atoms with Gasteiger partial charge in [0.2, 0.25) is 0 Å². The van der Waals surface area contributed by atoms with Crippen LogP contribution in [0.4, 0.5) is 0 Å². The van der Waals surface area contributed by atoms with Crippen molar-refractivity contribution in [3.05, 3.63) is 64.1 Å². The number of fused-ring (bicyclic) bond motifs is 2. The highest BCUT2D eigenvalue weighted by Gasteiger charge is 2.33. The van der Waals surface area contributed by atoms with E-state index in [-0.39, 0.29) is 23.2 Å². The summed E-state index contributed by atoms with van der Waals surface area (Å²) in [7, 11) is 0. The first-order chi connectivity index (χ1) is 14.2. The van der Waals surface area contributed by atoms with Crippen LogP contribution < -0.4 is 15.0 Å². The summed E-state index contributed by atoms with van der Waals surface area (Å²) in [4.78, 5) is 27.3. The fourth-order valence-electron chi connectivity index (χ4n) is 4.16. The lowest BCUT2D eigenvalue weighted by atomic mass is 10.0. The third-order valence-electron chi connectivity index (χ3n) is 5.57. The summed E-state index contributed by atoms with van der Waals surface area (Å²) in [5, 5.41) is 7.59. The third kappa shape index (κ3) is 3.12. The highest BCUT2D eigenvalue weighted by molar-refractivity contribution is 6.05. The molecule has 0 radical (unpaired) electrons. The number of carbonyl (C=O) groups is 1. The third-order valence-corrected chi connectivity index (χ3v) is 5.57. The number of rotatable bonds is 2. The second-order valence-corrected chi connectivity index (χ2v) is 7.36. The van der Waals surface area contributed by atoms with E-state index < -0.39 is 0 Å². The Morgan fingerprint density at radius 2 is 1.83 bits per heavy atom. The van der Waals surface area contributed by atoms with Crippen LogP contribution in [0.2, 0.25) is 0 Å². The Bertz CT molecular complexity index is 1140. The second-order valence-electron chi connectivity index (χ2n) is 7.36. The average Bonchev–Trinajstić information content (AvgIpc) is 3.12. The predicted molar refractivity (Wildman–Crippen MR) is 107 cm³/mol. The SMILES string of the molecule is O=C(c1n[nH]c(=O)c2ccccc12)N1CCC[C@@H]1c1ccc2c(c1)OCCCO2. The van der Waals surface area contributed by atoms with Crippen molar-refractivity contribution >= 4 is 16.7 Å². The second kappa shape index (κ2) is 7.24. The fraction of sp³-hybridized carbons (Fsp3) is 0.318. The number of hydrogen-bond acceptors (Lipinski definition) is 5. The van der Waals surface area contributed by atoms with Gasteiger partial charge in [0.1, 0.15) is 0 Å². The van der Waals surface area contributed by atoms with E-state index in [4.69, 9.17) is 9.47 Å². The quantitative estimate of drug-likeness (QED) is 0.726. The van der Waals surface area contributed by atoms with E-state index >= 15 is 0 Å². The number of nitrogens with zero attached hydrogens (tertiary/aromatic N) is 2. The first-order valence-corrected chi connectivity index (χ1v) is 9.90. The normalized spacial score (nSPS) is 18.6. The van der Waals surface area contributed by atoms with Crippen molar-refractivity contribution < 1.29 is 14.3 Å². The molecule has 0 unspecified atom stereocenters. The maximum Gasteiger partial charge on any atom is 0.275 e. The smallest absolute Gasteiger partial charge is 0.275 e. The van der Waals surface area contributed by atoms with Crippen molar-refractivity contribution in [1.29, 1.82) is 0 Å². The molecule has 7 nitrogen and oxygen atoms in total. The molecule has 0 spiro atoms. The van der Waals surface area contributed by atoms with Crippen molar-refractivity contribution in [2.45, 2.75) is 25.3 Å². The summed E-state index contributed by atoms with van der Waals surface area (Å²) in [6.07, 6.45) is 2.63. The van der Waals surface area contributed by atoms with E-state index in [2.05, 4.69) is 10.2 Å². The first-order valence-electron chi connectivity index (χ1n) is 9.90. The minimum atomic E-state index is -0.293. The molecular formula is C22H21N3O4. The van der Waals surface area contributed by atoms with Gasteiger partial charge in [0, 0.05) is 18.4 Å². The maximum atomic E-state index is 13.4. The number of likely N-dealkylation sites (tertiary alicyclic amines) is 1. The molecule has 2 aliphatic rings. The van der Waals surface area contributed by atoms with Gasteiger partial charge in [-0.2, -0.15) is 5.10 Å². The van der Waals surface area contributed by atoms with Gasteiger partial charge in [0.05, 0.1) is 24.6 Å². The van der Waals surface area contributed by atoms with Gasteiger partial charge in [0.25, 0.3) is 11.5 Å². The number of hydrogen-bond donors (Lipinski definition) is 1. The van der Waals surface area contributed by atoms with Gasteiger partial charge in [-0.3, -0.25) is 9.59 Å². The van der Waals surface area contributed by atoms with Gasteiger partial charge in [0.15, 0.2) is 17.2 Å². The van der Waals surface area contributed by atoms with Crippen molar-refractivity contribution in [3.8, 4) is 11.5 Å². The number of ether oxygens (including phenoxy) is 2. The zero-order valence-electron chi connectivity index (χ0n) is 15.9. The number of nitrogens with one attached hydrogen (secondary N) is 1. The lowest BCUT2D eigenvalue weighted by molar-refractivity contribution is 0.0730. The van der Waals surface area contributed by atoms with Crippen LogP contribution in [0.1, 0.15) is 41.4 Å². The maximum absolute atomic E-state index is 13.4. The molecule has 1 aromatic heterocycles. The van der Waals surface area contributed by atoms with Gasteiger partial charge < -0.3 is 14.4 Å². The Balaban J connectivity index is 1.50. The molecule has 2 aliphatic heterocycles. The molecule has 1 fully saturated rings. The minimum absolute atomic E-state index is 0.0628. The molecule has 2 aromatic carbocycles. The van der Waals surface area contributed by atoms with Crippen LogP contribution in [0.25, 0.3) is 10.8 Å². The van der Waals surface area contributed by atoms with Gasteiger partial charge >= 0.3 is 0 Å². The summed E-state index contributed by atoms with van der Waals surface area (Å²) in [6.45, 7) is 1.91. The Morgan fingerprint density at radius 3 is 2.69 bits per heavy atom. The molecule has 3 heterocycles. The molecule has 29 heavy (non-hydrogen) atoms. The zero-order valence-corrected chi connectivity index (χ0v) is 15.9. The molecule has 5 rings (SSSR count). The molecule has 7 heteroatoms. The molecule has 0 bridgehead atoms. The summed E-state index contributed by atoms with van der Waals surface area (Å²) >= 11 is 0. The lowest BCUT2D eigenvalue weighted by Gasteiger charge is -2.25. The topological polar surface area (TPSA) is 84.5 Å². The minimum Gasteiger partial charge on any atom is -0.490 e. The van der Waals surface area contributed by atoms with Gasteiger partial charge in [-0.1, -0.05) is 24.3 Å². The fourth-order valence-corrected chi connectivity index (χ4v) is 4.16. The largest absolute Gasteiger partial charge is 0.490 e. The van der Waals surface area contributed by atoms with Crippen LogP contribution in [0, 0.1) is 0 Å². The van der Waals surface area contributed by atoms with E-state index in [1.165, 1.54) is 0 Å². The van der Waals surface area contributed by atoms with Crippen LogP contribution >= 0.6 is 0 Å². The number of H-pyrrole nitrogens is 1. The van der Waals surface area contributed by atoms with E-state index in [0.717, 1.165) is 36.3 Å². The van der Waals surface area contributed by atoms with E-state index in [1.54, 1.807) is 18.2 Å². The van der Waals surface area contributed by atoms with Crippen LogP contribution in [0.15, 0.2) is 47.3 Å². The molecule has 3 aromatic rings. The molecular weight excluding hydrogens is 370 g/mol. The van der Waals surface area contributed by atoms with Crippen molar-refractivity contribution in [2.24, 2.45) is 0 Å². The predicted octanol–water partition coefficient (Wildman–Crippen LogP) is 3.06. The number of benzene rings is 2.